The van der Waals surface area contributed by atoms with Crippen LogP contribution in [0.3, 0.4) is 0 Å². The predicted molar refractivity (Wildman–Crippen MR) is 146 cm³/mol. The molecule has 0 saturated carbocycles. The van der Waals surface area contributed by atoms with Gasteiger partial charge in [-0.2, -0.15) is 0 Å². The van der Waals surface area contributed by atoms with Gasteiger partial charge in [-0.15, -0.1) is 0 Å². The fraction of sp³-hybridized carbons (Fsp3) is 0.893. The molecule has 0 aromatic heterocycles. The van der Waals surface area contributed by atoms with E-state index in [1.54, 1.807) is 28.1 Å². The van der Waals surface area contributed by atoms with Crippen molar-refractivity contribution in [2.24, 2.45) is 28.8 Å². The van der Waals surface area contributed by atoms with Gasteiger partial charge in [-0.05, 0) is 39.5 Å². The average molecular weight is 548 g/mol. The van der Waals surface area contributed by atoms with Crippen LogP contribution in [0.2, 0.25) is 0 Å². The van der Waals surface area contributed by atoms with Crippen LogP contribution in [0.5, 0.6) is 0 Å². The number of hydrogen-bond donors (Lipinski definition) is 2. The van der Waals surface area contributed by atoms with Crippen molar-refractivity contribution in [3.05, 3.63) is 0 Å². The maximum atomic E-state index is 12.9. The molecule has 1 aliphatic rings. The van der Waals surface area contributed by atoms with Crippen LogP contribution in [0.15, 0.2) is 5.16 Å². The molecule has 1 heterocycles. The third-order valence-electron chi connectivity index (χ3n) is 7.63. The number of aliphatic hydroxyl groups is 2. The van der Waals surface area contributed by atoms with Gasteiger partial charge in [0.05, 0.1) is 30.6 Å². The molecule has 10 nitrogen and oxygen atoms in total. The first-order valence-electron chi connectivity index (χ1n) is 13.7. The molecular weight excluding hydrogens is 494 g/mol. The maximum Gasteiger partial charge on any atom is 0.316 e. The summed E-state index contributed by atoms with van der Waals surface area (Å²) in [7, 11) is 3.15. The van der Waals surface area contributed by atoms with E-state index in [2.05, 4.69) is 5.16 Å². The van der Waals surface area contributed by atoms with E-state index in [1.165, 1.54) is 13.8 Å². The Morgan fingerprint density at radius 3 is 2.21 bits per heavy atom. The smallest absolute Gasteiger partial charge is 0.316 e. The lowest BCUT2D eigenvalue weighted by Gasteiger charge is -2.41. The van der Waals surface area contributed by atoms with Gasteiger partial charge in [-0.25, -0.2) is 0 Å². The Morgan fingerprint density at radius 1 is 1.08 bits per heavy atom. The van der Waals surface area contributed by atoms with Crippen LogP contribution >= 0.6 is 0 Å². The first-order valence-corrected chi connectivity index (χ1v) is 13.7. The van der Waals surface area contributed by atoms with Crippen molar-refractivity contribution in [3.8, 4) is 0 Å². The van der Waals surface area contributed by atoms with Gasteiger partial charge in [-0.3, -0.25) is 9.59 Å². The monoisotopic (exact) mass is 547 g/mol. The van der Waals surface area contributed by atoms with E-state index in [0.29, 0.717) is 25.3 Å². The van der Waals surface area contributed by atoms with E-state index in [4.69, 9.17) is 23.8 Å². The van der Waals surface area contributed by atoms with Crippen molar-refractivity contribution in [3.63, 3.8) is 0 Å². The summed E-state index contributed by atoms with van der Waals surface area (Å²) in [5.41, 5.74) is -2.06. The molecule has 0 aromatic carbocycles. The van der Waals surface area contributed by atoms with E-state index >= 15 is 0 Å². The van der Waals surface area contributed by atoms with Gasteiger partial charge in [0.15, 0.2) is 0 Å². The van der Waals surface area contributed by atoms with Crippen molar-refractivity contribution in [1.82, 2.24) is 0 Å². The highest BCUT2D eigenvalue weighted by molar-refractivity contribution is 5.98. The molecule has 0 spiro atoms. The lowest BCUT2D eigenvalue weighted by molar-refractivity contribution is -0.186. The Kier molecular flexibility index (Phi) is 16.5. The summed E-state index contributed by atoms with van der Waals surface area (Å²) in [6.45, 7) is 16.8. The second kappa shape index (κ2) is 17.2. The molecule has 1 unspecified atom stereocenters. The number of methoxy groups -OCH3 is 2. The van der Waals surface area contributed by atoms with E-state index < -0.39 is 41.2 Å². The van der Waals surface area contributed by atoms with E-state index in [0.717, 1.165) is 0 Å². The zero-order chi connectivity index (χ0) is 29.7. The molecule has 10 heteroatoms. The normalized spacial score (nSPS) is 36.6. The van der Waals surface area contributed by atoms with Crippen molar-refractivity contribution in [1.29, 1.82) is 0 Å². The van der Waals surface area contributed by atoms with Crippen LogP contribution in [-0.2, 0) is 33.4 Å². The van der Waals surface area contributed by atoms with Crippen LogP contribution in [0.25, 0.3) is 0 Å². The first kappa shape index (κ1) is 36.4. The van der Waals surface area contributed by atoms with Crippen molar-refractivity contribution < 1.29 is 43.6 Å². The van der Waals surface area contributed by atoms with Crippen LogP contribution in [-0.4, -0.2) is 85.3 Å². The van der Waals surface area contributed by atoms with Gasteiger partial charge in [-0.1, -0.05) is 46.7 Å². The molecule has 0 aromatic rings. The number of hydrogen-bond acceptors (Lipinski definition) is 10. The molecule has 0 radical (unpaired) electrons. The summed E-state index contributed by atoms with van der Waals surface area (Å²) in [5, 5.41) is 26.9. The lowest BCUT2D eigenvalue weighted by atomic mass is 9.74. The van der Waals surface area contributed by atoms with E-state index in [-0.39, 0.29) is 37.3 Å². The third-order valence-corrected chi connectivity index (χ3v) is 7.63. The highest BCUT2D eigenvalue weighted by atomic mass is 16.7. The molecule has 1 rings (SSSR count). The average Bonchev–Trinajstić information content (AvgIpc) is 2.89. The van der Waals surface area contributed by atoms with Crippen LogP contribution in [0.1, 0.15) is 81.6 Å². The first-order chi connectivity index (χ1) is 17.8. The van der Waals surface area contributed by atoms with Crippen molar-refractivity contribution in [2.75, 3.05) is 34.2 Å². The summed E-state index contributed by atoms with van der Waals surface area (Å²) < 4.78 is 21.7. The number of aliphatic hydroxyl groups excluding tert-OH is 1. The minimum atomic E-state index is -1.82. The SMILES string of the molecule is CC.CC[C@H]1OC(=O)C(C)C(=O)C[C@@H](C)[C@](C)(OC)C[C@@H](C)/C(=N\OCOCCOC)[C@H](C)[C@@H](O)[C@]1(C)O. The standard InChI is InChI=1S/C26H47NO9.C2H6/c1-10-21-26(7,31)23(29)19(5)22(27-35-15-34-12-11-32-8)16(2)14-25(6,33-9)17(3)13-20(28)18(4)24(30)36-21;1-2/h16-19,21,23,29,31H,10-15H2,1-9H3;1-2H3/b27-22+;/t16-,17-,18?,19+,21-,23-,25-,26-;/m1./s1. The molecule has 1 fully saturated rings. The highest BCUT2D eigenvalue weighted by Gasteiger charge is 2.47. The third kappa shape index (κ3) is 9.86. The van der Waals surface area contributed by atoms with Gasteiger partial charge >= 0.3 is 5.97 Å². The minimum Gasteiger partial charge on any atom is -0.459 e. The molecule has 0 bridgehead atoms. The number of Topliss-reactive ketones (excluding diaryl/α,β-unsaturated/α-hetero) is 1. The number of carbonyl (C=O) groups excluding carboxylic acids is 2. The predicted octanol–water partition coefficient (Wildman–Crippen LogP) is 3.75. The van der Waals surface area contributed by atoms with Crippen LogP contribution in [0, 0.1) is 23.7 Å². The van der Waals surface area contributed by atoms with Crippen molar-refractivity contribution >= 4 is 17.5 Å². The molecular formula is C28H53NO9. The van der Waals surface area contributed by atoms with E-state index in [1.807, 2.05) is 34.6 Å². The summed E-state index contributed by atoms with van der Waals surface area (Å²) >= 11 is 0. The largest absolute Gasteiger partial charge is 0.459 e. The number of esters is 1. The number of nitrogens with zero attached hydrogens (tertiary/aromatic N) is 1. The fourth-order valence-electron chi connectivity index (χ4n) is 4.70. The number of ether oxygens (including phenoxy) is 4. The number of carbonyl (C=O) groups is 2. The van der Waals surface area contributed by atoms with Gasteiger partial charge in [0.1, 0.15) is 23.4 Å². The Bertz CT molecular complexity index is 742. The second-order valence-electron chi connectivity index (χ2n) is 10.4. The lowest BCUT2D eigenvalue weighted by Crippen LogP contribution is -2.56. The minimum absolute atomic E-state index is 0.113. The number of rotatable bonds is 8. The summed E-state index contributed by atoms with van der Waals surface area (Å²) in [6.07, 6.45) is -1.56. The number of cyclic esters (lactones) is 1. The molecule has 0 aliphatic carbocycles. The number of oxime groups is 1. The van der Waals surface area contributed by atoms with E-state index in [9.17, 15) is 19.8 Å². The van der Waals surface area contributed by atoms with Crippen molar-refractivity contribution in [2.45, 2.75) is 105 Å². The molecule has 38 heavy (non-hydrogen) atoms. The van der Waals surface area contributed by atoms with Gasteiger partial charge < -0.3 is 34.0 Å². The molecule has 0 amide bonds. The van der Waals surface area contributed by atoms with Crippen LogP contribution in [0.4, 0.5) is 0 Å². The Morgan fingerprint density at radius 2 is 1.68 bits per heavy atom. The quantitative estimate of drug-likeness (QED) is 0.153. The van der Waals surface area contributed by atoms with Gasteiger partial charge in [0, 0.05) is 32.5 Å². The summed E-state index contributed by atoms with van der Waals surface area (Å²) in [4.78, 5) is 31.2. The summed E-state index contributed by atoms with van der Waals surface area (Å²) in [6, 6.07) is 0. The Hall–Kier alpha value is -1.59. The highest BCUT2D eigenvalue weighted by Crippen LogP contribution is 2.36. The van der Waals surface area contributed by atoms with Crippen LogP contribution < -0.4 is 0 Å². The molecule has 1 aliphatic heterocycles. The zero-order valence-electron chi connectivity index (χ0n) is 25.4. The Labute approximate surface area is 229 Å². The molecule has 8 atom stereocenters. The molecule has 224 valence electrons. The topological polar surface area (TPSA) is 133 Å². The Balaban J connectivity index is 0.00000667. The molecule has 1 saturated heterocycles. The van der Waals surface area contributed by atoms with Gasteiger partial charge in [0.25, 0.3) is 0 Å². The van der Waals surface area contributed by atoms with Gasteiger partial charge in [0.2, 0.25) is 6.79 Å². The molecule has 2 N–H and O–H groups in total. The zero-order valence-corrected chi connectivity index (χ0v) is 25.4. The fourth-order valence-corrected chi connectivity index (χ4v) is 4.70. The maximum absolute atomic E-state index is 12.9. The number of ketones is 1. The second-order valence-corrected chi connectivity index (χ2v) is 10.4. The summed E-state index contributed by atoms with van der Waals surface area (Å²) in [5.74, 6) is -3.14.